The highest BCUT2D eigenvalue weighted by molar-refractivity contribution is 7.07. The molecule has 1 saturated heterocycles. The summed E-state index contributed by atoms with van der Waals surface area (Å²) in [7, 11) is 0. The quantitative estimate of drug-likeness (QED) is 0.911. The molecule has 5 heteroatoms. The summed E-state index contributed by atoms with van der Waals surface area (Å²) in [5, 5.41) is 5.59. The molecule has 94 valence electrons. The molecule has 4 nitrogen and oxygen atoms in total. The van der Waals surface area contributed by atoms with E-state index < -0.39 is 0 Å². The molecule has 0 bridgehead atoms. The lowest BCUT2D eigenvalue weighted by Gasteiger charge is -2.36. The Balaban J connectivity index is 1.78. The van der Waals surface area contributed by atoms with Gasteiger partial charge in [0.05, 0.1) is 11.2 Å². The number of piperazine rings is 1. The van der Waals surface area contributed by atoms with Crippen LogP contribution in [-0.2, 0) is 6.54 Å². The van der Waals surface area contributed by atoms with E-state index in [0.29, 0.717) is 6.04 Å². The molecule has 1 aliphatic heterocycles. The molecule has 1 unspecified atom stereocenters. The third-order valence-electron chi connectivity index (χ3n) is 3.29. The first kappa shape index (κ1) is 11.8. The highest BCUT2D eigenvalue weighted by Gasteiger charge is 2.23. The Hall–Kier alpha value is -1.30. The smallest absolute Gasteiger partial charge is 0.0795 e. The first-order valence-corrected chi connectivity index (χ1v) is 7.09. The summed E-state index contributed by atoms with van der Waals surface area (Å²) in [6.45, 7) is 4.03. The van der Waals surface area contributed by atoms with Gasteiger partial charge < -0.3 is 5.32 Å². The predicted molar refractivity (Wildman–Crippen MR) is 72.4 cm³/mol. The van der Waals surface area contributed by atoms with Crippen molar-refractivity contribution in [1.82, 2.24) is 20.2 Å². The zero-order valence-corrected chi connectivity index (χ0v) is 10.9. The Morgan fingerprint density at radius 3 is 3.06 bits per heavy atom. The average molecular weight is 260 g/mol. The van der Waals surface area contributed by atoms with Crippen LogP contribution in [0.3, 0.4) is 0 Å². The Bertz CT molecular complexity index is 471. The summed E-state index contributed by atoms with van der Waals surface area (Å²) >= 11 is 1.66. The van der Waals surface area contributed by atoms with E-state index in [0.717, 1.165) is 26.2 Å². The van der Waals surface area contributed by atoms with Crippen LogP contribution in [0.5, 0.6) is 0 Å². The summed E-state index contributed by atoms with van der Waals surface area (Å²) in [6, 6.07) is 4.63. The van der Waals surface area contributed by atoms with Crippen LogP contribution in [-0.4, -0.2) is 34.5 Å². The first-order valence-electron chi connectivity index (χ1n) is 6.15. The van der Waals surface area contributed by atoms with Crippen LogP contribution >= 0.6 is 11.3 Å². The first-order chi connectivity index (χ1) is 8.93. The van der Waals surface area contributed by atoms with Crippen LogP contribution in [0.15, 0.2) is 35.4 Å². The number of nitrogens with one attached hydrogen (secondary N) is 1. The van der Waals surface area contributed by atoms with Gasteiger partial charge in [0.2, 0.25) is 0 Å². The zero-order chi connectivity index (χ0) is 12.2. The Morgan fingerprint density at radius 1 is 1.39 bits per heavy atom. The molecule has 1 N–H and O–H groups in total. The highest BCUT2D eigenvalue weighted by Crippen LogP contribution is 2.23. The molecule has 3 rings (SSSR count). The summed E-state index contributed by atoms with van der Waals surface area (Å²) in [5.41, 5.74) is 4.40. The second kappa shape index (κ2) is 5.56. The minimum Gasteiger partial charge on any atom is -0.314 e. The SMILES string of the molecule is c1cc(C2CNCCN2Cc2cscn2)ccn1. The fourth-order valence-corrected chi connectivity index (χ4v) is 2.92. The maximum atomic E-state index is 4.38. The Kier molecular flexibility index (Phi) is 3.64. The molecule has 0 amide bonds. The fourth-order valence-electron chi connectivity index (χ4n) is 2.37. The number of rotatable bonds is 3. The molecule has 0 aliphatic carbocycles. The van der Waals surface area contributed by atoms with Crippen molar-refractivity contribution in [3.8, 4) is 0 Å². The minimum absolute atomic E-state index is 0.420. The van der Waals surface area contributed by atoms with Gasteiger partial charge in [0.25, 0.3) is 0 Å². The normalized spacial score (nSPS) is 21.0. The lowest BCUT2D eigenvalue weighted by atomic mass is 10.0. The standard InChI is InChI=1S/C13H16N4S/c1-3-14-4-2-11(1)13-7-15-5-6-17(13)8-12-9-18-10-16-12/h1-4,9-10,13,15H,5-8H2. The van der Waals surface area contributed by atoms with Crippen LogP contribution in [0.2, 0.25) is 0 Å². The molecule has 0 saturated carbocycles. The summed E-state index contributed by atoms with van der Waals surface area (Å²) in [5.74, 6) is 0. The lowest BCUT2D eigenvalue weighted by molar-refractivity contribution is 0.152. The molecule has 2 aromatic rings. The lowest BCUT2D eigenvalue weighted by Crippen LogP contribution is -2.45. The topological polar surface area (TPSA) is 41.0 Å². The van der Waals surface area contributed by atoms with E-state index >= 15 is 0 Å². The average Bonchev–Trinajstić information content (AvgIpc) is 2.93. The van der Waals surface area contributed by atoms with E-state index in [9.17, 15) is 0 Å². The van der Waals surface area contributed by atoms with E-state index in [1.807, 2.05) is 17.9 Å². The van der Waals surface area contributed by atoms with E-state index in [1.165, 1.54) is 11.3 Å². The second-order valence-corrected chi connectivity index (χ2v) is 5.17. The van der Waals surface area contributed by atoms with Gasteiger partial charge in [-0.2, -0.15) is 0 Å². The maximum absolute atomic E-state index is 4.38. The monoisotopic (exact) mass is 260 g/mol. The van der Waals surface area contributed by atoms with E-state index in [-0.39, 0.29) is 0 Å². The van der Waals surface area contributed by atoms with Crippen molar-refractivity contribution in [3.63, 3.8) is 0 Å². The third kappa shape index (κ3) is 2.58. The number of nitrogens with zero attached hydrogens (tertiary/aromatic N) is 3. The maximum Gasteiger partial charge on any atom is 0.0795 e. The molecule has 3 heterocycles. The van der Waals surface area contributed by atoms with Gasteiger partial charge in [-0.1, -0.05) is 0 Å². The van der Waals surface area contributed by atoms with Gasteiger partial charge in [-0.05, 0) is 17.7 Å². The highest BCUT2D eigenvalue weighted by atomic mass is 32.1. The Morgan fingerprint density at radius 2 is 2.28 bits per heavy atom. The number of thiazole rings is 1. The van der Waals surface area contributed by atoms with Crippen molar-refractivity contribution in [2.45, 2.75) is 12.6 Å². The molecule has 1 aliphatic rings. The summed E-state index contributed by atoms with van der Waals surface area (Å²) in [4.78, 5) is 11.0. The number of pyridine rings is 1. The van der Waals surface area contributed by atoms with Crippen molar-refractivity contribution in [1.29, 1.82) is 0 Å². The van der Waals surface area contributed by atoms with Crippen molar-refractivity contribution in [2.24, 2.45) is 0 Å². The van der Waals surface area contributed by atoms with Crippen molar-refractivity contribution < 1.29 is 0 Å². The number of hydrogen-bond acceptors (Lipinski definition) is 5. The van der Waals surface area contributed by atoms with Crippen LogP contribution in [0, 0.1) is 0 Å². The molecule has 0 aromatic carbocycles. The fraction of sp³-hybridized carbons (Fsp3) is 0.385. The molecular formula is C13H16N4S. The minimum atomic E-state index is 0.420. The molecule has 0 spiro atoms. The molecule has 1 atom stereocenters. The number of hydrogen-bond donors (Lipinski definition) is 1. The van der Waals surface area contributed by atoms with Gasteiger partial charge in [0.15, 0.2) is 0 Å². The van der Waals surface area contributed by atoms with Crippen molar-refractivity contribution in [3.05, 3.63) is 46.7 Å². The molecular weight excluding hydrogens is 244 g/mol. The number of aromatic nitrogens is 2. The molecule has 0 radical (unpaired) electrons. The third-order valence-corrected chi connectivity index (χ3v) is 3.93. The van der Waals surface area contributed by atoms with Gasteiger partial charge in [-0.25, -0.2) is 4.98 Å². The summed E-state index contributed by atoms with van der Waals surface area (Å²) < 4.78 is 0. The Labute approximate surface area is 111 Å². The van der Waals surface area contributed by atoms with Gasteiger partial charge in [0, 0.05) is 50.0 Å². The van der Waals surface area contributed by atoms with Crippen LogP contribution < -0.4 is 5.32 Å². The van der Waals surface area contributed by atoms with Crippen molar-refractivity contribution >= 4 is 11.3 Å². The zero-order valence-electron chi connectivity index (χ0n) is 10.1. The van der Waals surface area contributed by atoms with Gasteiger partial charge in [0.1, 0.15) is 0 Å². The molecule has 18 heavy (non-hydrogen) atoms. The van der Waals surface area contributed by atoms with Gasteiger partial charge in [-0.3, -0.25) is 9.88 Å². The second-order valence-electron chi connectivity index (χ2n) is 4.45. The van der Waals surface area contributed by atoms with E-state index in [1.54, 1.807) is 11.3 Å². The van der Waals surface area contributed by atoms with Crippen LogP contribution in [0.4, 0.5) is 0 Å². The van der Waals surface area contributed by atoms with E-state index in [2.05, 4.69) is 37.7 Å². The van der Waals surface area contributed by atoms with Crippen LogP contribution in [0.25, 0.3) is 0 Å². The molecule has 2 aromatic heterocycles. The van der Waals surface area contributed by atoms with Crippen molar-refractivity contribution in [2.75, 3.05) is 19.6 Å². The largest absolute Gasteiger partial charge is 0.314 e. The molecule has 1 fully saturated rings. The van der Waals surface area contributed by atoms with E-state index in [4.69, 9.17) is 0 Å². The van der Waals surface area contributed by atoms with Gasteiger partial charge in [-0.15, -0.1) is 11.3 Å². The van der Waals surface area contributed by atoms with Crippen LogP contribution in [0.1, 0.15) is 17.3 Å². The predicted octanol–water partition coefficient (Wildman–Crippen LogP) is 1.68. The van der Waals surface area contributed by atoms with Gasteiger partial charge >= 0.3 is 0 Å². The summed E-state index contributed by atoms with van der Waals surface area (Å²) in [6.07, 6.45) is 3.73.